The van der Waals surface area contributed by atoms with E-state index in [9.17, 15) is 31.2 Å². The number of amides is 2. The second-order valence-corrected chi connectivity index (χ2v) is 13.1. The Labute approximate surface area is 246 Å². The predicted molar refractivity (Wildman–Crippen MR) is 153 cm³/mol. The van der Waals surface area contributed by atoms with Gasteiger partial charge in [-0.15, -0.1) is 11.3 Å². The molecule has 2 aromatic carbocycles. The molecule has 5 rings (SSSR count). The third-order valence-corrected chi connectivity index (χ3v) is 10.4. The quantitative estimate of drug-likeness (QED) is 0.430. The van der Waals surface area contributed by atoms with Gasteiger partial charge in [0.2, 0.25) is 15.9 Å². The minimum Gasteiger partial charge on any atom is -0.368 e. The second kappa shape index (κ2) is 12.0. The average molecular weight is 622 g/mol. The van der Waals surface area contributed by atoms with Crippen molar-refractivity contribution in [2.45, 2.75) is 36.8 Å². The van der Waals surface area contributed by atoms with Gasteiger partial charge >= 0.3 is 6.18 Å². The SMILES string of the molecule is CC(=O)Nc1ccc(S(=O)(=O)N2CCC(c3nc(C(=O)N4CCN(c5cccc(C(F)(F)F)c5)CC4)cs3)CC2)cc1. The minimum atomic E-state index is -4.41. The Hall–Kier alpha value is -3.49. The van der Waals surface area contributed by atoms with Crippen LogP contribution in [0.1, 0.15) is 46.7 Å². The molecule has 0 bridgehead atoms. The normalized spacial score (nSPS) is 17.3. The third kappa shape index (κ3) is 6.60. The first-order valence-electron chi connectivity index (χ1n) is 13.5. The van der Waals surface area contributed by atoms with Gasteiger partial charge < -0.3 is 15.1 Å². The van der Waals surface area contributed by atoms with Crippen molar-refractivity contribution < 1.29 is 31.2 Å². The number of carbonyl (C=O) groups excluding carboxylic acids is 2. The summed E-state index contributed by atoms with van der Waals surface area (Å²) in [5.41, 5.74) is 0.626. The molecule has 14 heteroatoms. The highest BCUT2D eigenvalue weighted by Gasteiger charge is 2.33. The van der Waals surface area contributed by atoms with Crippen LogP contribution in [0.25, 0.3) is 0 Å². The van der Waals surface area contributed by atoms with E-state index < -0.39 is 21.8 Å². The van der Waals surface area contributed by atoms with Crippen LogP contribution in [0.5, 0.6) is 0 Å². The molecule has 1 aromatic heterocycles. The van der Waals surface area contributed by atoms with E-state index in [-0.39, 0.29) is 22.6 Å². The molecule has 9 nitrogen and oxygen atoms in total. The van der Waals surface area contributed by atoms with E-state index in [1.165, 1.54) is 40.8 Å². The molecule has 0 radical (unpaired) electrons. The van der Waals surface area contributed by atoms with Gasteiger partial charge in [-0.25, -0.2) is 13.4 Å². The molecule has 2 amide bonds. The Bertz CT molecular complexity index is 1540. The Balaban J connectivity index is 1.15. The van der Waals surface area contributed by atoms with Crippen molar-refractivity contribution in [2.75, 3.05) is 49.5 Å². The van der Waals surface area contributed by atoms with Crippen molar-refractivity contribution in [3.8, 4) is 0 Å². The van der Waals surface area contributed by atoms with Gasteiger partial charge in [0.1, 0.15) is 5.69 Å². The molecule has 2 saturated heterocycles. The molecule has 2 fully saturated rings. The number of sulfonamides is 1. The summed E-state index contributed by atoms with van der Waals surface area (Å²) in [5.74, 6) is -0.428. The molecule has 2 aliphatic rings. The zero-order valence-corrected chi connectivity index (χ0v) is 24.4. The number of alkyl halides is 3. The number of piperidine rings is 1. The highest BCUT2D eigenvalue weighted by Crippen LogP contribution is 2.34. The summed E-state index contributed by atoms with van der Waals surface area (Å²) < 4.78 is 67.0. The van der Waals surface area contributed by atoms with Crippen LogP contribution in [0.4, 0.5) is 24.5 Å². The van der Waals surface area contributed by atoms with E-state index in [2.05, 4.69) is 10.3 Å². The zero-order valence-electron chi connectivity index (χ0n) is 22.8. The lowest BCUT2D eigenvalue weighted by Crippen LogP contribution is -2.49. The molecule has 0 saturated carbocycles. The Morgan fingerprint density at radius 2 is 1.64 bits per heavy atom. The van der Waals surface area contributed by atoms with Gasteiger partial charge in [-0.05, 0) is 55.3 Å². The number of hydrogen-bond acceptors (Lipinski definition) is 7. The molecule has 224 valence electrons. The maximum atomic E-state index is 13.1. The van der Waals surface area contributed by atoms with Crippen molar-refractivity contribution in [2.24, 2.45) is 0 Å². The van der Waals surface area contributed by atoms with Crippen LogP contribution in [0.2, 0.25) is 0 Å². The number of benzene rings is 2. The van der Waals surface area contributed by atoms with E-state index >= 15 is 0 Å². The van der Waals surface area contributed by atoms with Crippen LogP contribution < -0.4 is 10.2 Å². The highest BCUT2D eigenvalue weighted by molar-refractivity contribution is 7.89. The smallest absolute Gasteiger partial charge is 0.368 e. The van der Waals surface area contributed by atoms with Crippen LogP contribution in [0.3, 0.4) is 0 Å². The van der Waals surface area contributed by atoms with Crippen LogP contribution >= 0.6 is 11.3 Å². The summed E-state index contributed by atoms with van der Waals surface area (Å²) in [4.78, 5) is 32.6. The Morgan fingerprint density at radius 3 is 2.26 bits per heavy atom. The van der Waals surface area contributed by atoms with E-state index in [4.69, 9.17) is 0 Å². The van der Waals surface area contributed by atoms with Gasteiger partial charge in [-0.3, -0.25) is 9.59 Å². The lowest BCUT2D eigenvalue weighted by atomic mass is 9.99. The van der Waals surface area contributed by atoms with Crippen LogP contribution in [0.15, 0.2) is 58.8 Å². The van der Waals surface area contributed by atoms with Crippen molar-refractivity contribution in [3.05, 3.63) is 70.2 Å². The molecule has 42 heavy (non-hydrogen) atoms. The summed E-state index contributed by atoms with van der Waals surface area (Å²) >= 11 is 1.38. The van der Waals surface area contributed by atoms with Crippen LogP contribution in [-0.2, 0) is 21.0 Å². The third-order valence-electron chi connectivity index (χ3n) is 7.46. The fourth-order valence-electron chi connectivity index (χ4n) is 5.19. The number of nitrogens with zero attached hydrogens (tertiary/aromatic N) is 4. The molecular weight excluding hydrogens is 591 g/mol. The number of thiazole rings is 1. The first-order valence-corrected chi connectivity index (χ1v) is 15.8. The van der Waals surface area contributed by atoms with Crippen molar-refractivity contribution in [1.82, 2.24) is 14.2 Å². The molecule has 0 atom stereocenters. The summed E-state index contributed by atoms with van der Waals surface area (Å²) in [5, 5.41) is 5.12. The average Bonchev–Trinajstić information content (AvgIpc) is 3.47. The number of nitrogens with one attached hydrogen (secondary N) is 1. The summed E-state index contributed by atoms with van der Waals surface area (Å²) in [6, 6.07) is 11.3. The number of hydrogen-bond donors (Lipinski definition) is 1. The molecule has 1 N–H and O–H groups in total. The summed E-state index contributed by atoms with van der Waals surface area (Å²) in [7, 11) is -3.69. The number of halogens is 3. The number of aromatic nitrogens is 1. The van der Waals surface area contributed by atoms with Gasteiger partial charge in [0.05, 0.1) is 15.5 Å². The zero-order chi connectivity index (χ0) is 30.1. The molecule has 3 aromatic rings. The first kappa shape index (κ1) is 30.0. The number of anilines is 2. The van der Waals surface area contributed by atoms with E-state index in [1.807, 2.05) is 4.90 Å². The largest absolute Gasteiger partial charge is 0.416 e. The number of piperazine rings is 1. The predicted octanol–water partition coefficient (Wildman–Crippen LogP) is 4.65. The topological polar surface area (TPSA) is 103 Å². The molecular formula is C28H30F3N5O4S2. The lowest BCUT2D eigenvalue weighted by molar-refractivity contribution is -0.137. The first-order chi connectivity index (χ1) is 19.9. The monoisotopic (exact) mass is 621 g/mol. The lowest BCUT2D eigenvalue weighted by Gasteiger charge is -2.36. The maximum absolute atomic E-state index is 13.1. The van der Waals surface area contributed by atoms with Gasteiger partial charge in [-0.1, -0.05) is 6.07 Å². The van der Waals surface area contributed by atoms with Crippen LogP contribution in [-0.4, -0.2) is 73.7 Å². The van der Waals surface area contributed by atoms with Gasteiger partial charge in [0, 0.05) is 68.9 Å². The fourth-order valence-corrected chi connectivity index (χ4v) is 7.62. The van der Waals surface area contributed by atoms with Gasteiger partial charge in [0.25, 0.3) is 5.91 Å². The molecule has 0 spiro atoms. The van der Waals surface area contributed by atoms with Crippen molar-refractivity contribution in [1.29, 1.82) is 0 Å². The number of carbonyl (C=O) groups is 2. The van der Waals surface area contributed by atoms with E-state index in [0.717, 1.165) is 17.1 Å². The standard InChI is InChI=1S/C28H30F3N5O4S2/c1-19(37)32-22-5-7-24(8-6-22)42(39,40)36-11-9-20(10-12-36)26-33-25(18-41-26)27(38)35-15-13-34(14-16-35)23-4-2-3-21(17-23)28(29,30)31/h2-8,17-18,20H,9-16H2,1H3,(H,32,37). The molecule has 3 heterocycles. The highest BCUT2D eigenvalue weighted by atomic mass is 32.2. The fraction of sp³-hybridized carbons (Fsp3) is 0.393. The Kier molecular flexibility index (Phi) is 8.58. The second-order valence-electron chi connectivity index (χ2n) is 10.3. The number of rotatable bonds is 6. The van der Waals surface area contributed by atoms with E-state index in [1.54, 1.807) is 28.5 Å². The molecule has 0 unspecified atom stereocenters. The minimum absolute atomic E-state index is 0.0305. The summed E-state index contributed by atoms with van der Waals surface area (Å²) in [6.07, 6.45) is -3.27. The van der Waals surface area contributed by atoms with Gasteiger partial charge in [0.15, 0.2) is 0 Å². The van der Waals surface area contributed by atoms with Crippen LogP contribution in [0, 0.1) is 0 Å². The molecule has 0 aliphatic carbocycles. The van der Waals surface area contributed by atoms with E-state index in [0.29, 0.717) is 69.2 Å². The molecule has 2 aliphatic heterocycles. The van der Waals surface area contributed by atoms with Gasteiger partial charge in [-0.2, -0.15) is 17.5 Å². The summed E-state index contributed by atoms with van der Waals surface area (Å²) in [6.45, 7) is 3.57. The Morgan fingerprint density at radius 1 is 0.976 bits per heavy atom. The van der Waals surface area contributed by atoms with Crippen molar-refractivity contribution in [3.63, 3.8) is 0 Å². The van der Waals surface area contributed by atoms with Crippen molar-refractivity contribution >= 4 is 44.5 Å². The maximum Gasteiger partial charge on any atom is 0.416 e.